The minimum absolute atomic E-state index is 0.119. The lowest BCUT2D eigenvalue weighted by molar-refractivity contribution is -0.150. The van der Waals surface area contributed by atoms with Crippen molar-refractivity contribution < 1.29 is 27.5 Å². The number of hydrogen-bond acceptors (Lipinski definition) is 3. The third kappa shape index (κ3) is 5.49. The zero-order valence-electron chi connectivity index (χ0n) is 16.4. The predicted octanol–water partition coefficient (Wildman–Crippen LogP) is 4.84. The average molecular weight is 417 g/mol. The Morgan fingerprint density at radius 3 is 2.53 bits per heavy atom. The van der Waals surface area contributed by atoms with E-state index < -0.39 is 29.7 Å². The first kappa shape index (κ1) is 21.6. The number of esters is 1. The highest BCUT2D eigenvalue weighted by atomic mass is 19.4. The quantitative estimate of drug-likeness (QED) is 0.559. The van der Waals surface area contributed by atoms with Gasteiger partial charge in [0.05, 0.1) is 11.6 Å². The van der Waals surface area contributed by atoms with E-state index in [0.29, 0.717) is 5.56 Å². The molecule has 0 heterocycles. The summed E-state index contributed by atoms with van der Waals surface area (Å²) < 4.78 is 42.8. The molecule has 3 rings (SSSR count). The number of hydrogen-bond donors (Lipinski definition) is 1. The van der Waals surface area contributed by atoms with Crippen LogP contribution >= 0.6 is 0 Å². The second kappa shape index (κ2) is 9.15. The van der Waals surface area contributed by atoms with E-state index >= 15 is 0 Å². The van der Waals surface area contributed by atoms with Gasteiger partial charge in [0.15, 0.2) is 6.10 Å². The van der Waals surface area contributed by atoms with Gasteiger partial charge in [-0.05, 0) is 61.1 Å². The van der Waals surface area contributed by atoms with Crippen LogP contribution in [0.3, 0.4) is 0 Å². The number of fused-ring (bicyclic) bond motifs is 1. The molecule has 1 amide bonds. The van der Waals surface area contributed by atoms with Crippen molar-refractivity contribution in [1.29, 1.82) is 0 Å². The highest BCUT2D eigenvalue weighted by molar-refractivity contribution is 5.90. The van der Waals surface area contributed by atoms with Gasteiger partial charge >= 0.3 is 12.1 Å². The zero-order valence-corrected chi connectivity index (χ0v) is 16.4. The van der Waals surface area contributed by atoms with Crippen LogP contribution in [0.15, 0.2) is 54.6 Å². The molecule has 0 radical (unpaired) electrons. The van der Waals surface area contributed by atoms with Gasteiger partial charge in [-0.3, -0.25) is 4.79 Å². The molecule has 0 saturated carbocycles. The first-order valence-electron chi connectivity index (χ1n) is 9.68. The average Bonchev–Trinajstić information content (AvgIpc) is 2.72. The van der Waals surface area contributed by atoms with E-state index in [2.05, 4.69) is 5.32 Å². The van der Waals surface area contributed by atoms with Crippen LogP contribution in [-0.4, -0.2) is 18.0 Å². The van der Waals surface area contributed by atoms with Gasteiger partial charge in [0.1, 0.15) is 0 Å². The summed E-state index contributed by atoms with van der Waals surface area (Å²) in [6.45, 7) is 1.48. The Labute approximate surface area is 172 Å². The van der Waals surface area contributed by atoms with Crippen LogP contribution < -0.4 is 5.32 Å². The first-order chi connectivity index (χ1) is 14.2. The molecule has 1 N–H and O–H groups in total. The van der Waals surface area contributed by atoms with Crippen LogP contribution in [0.1, 0.15) is 48.1 Å². The molecule has 7 heteroatoms. The van der Waals surface area contributed by atoms with Crippen molar-refractivity contribution in [1.82, 2.24) is 5.32 Å². The lowest BCUT2D eigenvalue weighted by atomic mass is 9.87. The highest BCUT2D eigenvalue weighted by Gasteiger charge is 2.30. The molecule has 1 aliphatic carbocycles. The van der Waals surface area contributed by atoms with E-state index in [0.717, 1.165) is 43.0 Å². The third-order valence-electron chi connectivity index (χ3n) is 5.00. The number of rotatable bonds is 5. The second-order valence-electron chi connectivity index (χ2n) is 7.18. The van der Waals surface area contributed by atoms with Gasteiger partial charge < -0.3 is 10.1 Å². The van der Waals surface area contributed by atoms with Crippen LogP contribution in [0.25, 0.3) is 6.08 Å². The number of halogens is 3. The highest BCUT2D eigenvalue weighted by Crippen LogP contribution is 2.30. The minimum Gasteiger partial charge on any atom is -0.449 e. The number of nitrogens with one attached hydrogen (secondary N) is 1. The van der Waals surface area contributed by atoms with E-state index in [1.165, 1.54) is 30.7 Å². The van der Waals surface area contributed by atoms with Crippen molar-refractivity contribution in [3.63, 3.8) is 0 Å². The van der Waals surface area contributed by atoms with Crippen LogP contribution in [0.4, 0.5) is 13.2 Å². The van der Waals surface area contributed by atoms with Crippen LogP contribution in [-0.2, 0) is 26.9 Å². The topological polar surface area (TPSA) is 55.4 Å². The van der Waals surface area contributed by atoms with Gasteiger partial charge in [0.2, 0.25) is 0 Å². The maximum Gasteiger partial charge on any atom is 0.416 e. The van der Waals surface area contributed by atoms with Crippen LogP contribution in [0.5, 0.6) is 0 Å². The Kier molecular flexibility index (Phi) is 6.59. The summed E-state index contributed by atoms with van der Waals surface area (Å²) in [5, 5.41) is 2.93. The number of carbonyl (C=O) groups is 2. The lowest BCUT2D eigenvalue weighted by Crippen LogP contribution is -2.39. The number of amides is 1. The Morgan fingerprint density at radius 1 is 1.13 bits per heavy atom. The third-order valence-corrected chi connectivity index (χ3v) is 5.00. The van der Waals surface area contributed by atoms with E-state index in [1.54, 1.807) is 0 Å². The molecule has 1 aliphatic rings. The van der Waals surface area contributed by atoms with Gasteiger partial charge in [-0.15, -0.1) is 0 Å². The fourth-order valence-corrected chi connectivity index (χ4v) is 3.41. The zero-order chi connectivity index (χ0) is 21.7. The molecule has 158 valence electrons. The second-order valence-corrected chi connectivity index (χ2v) is 7.18. The number of alkyl halides is 3. The maximum absolute atomic E-state index is 12.6. The van der Waals surface area contributed by atoms with Crippen LogP contribution in [0, 0.1) is 0 Å². The molecule has 2 atom stereocenters. The summed E-state index contributed by atoms with van der Waals surface area (Å²) in [7, 11) is 0. The van der Waals surface area contributed by atoms with Gasteiger partial charge in [-0.25, -0.2) is 4.79 Å². The predicted molar refractivity (Wildman–Crippen MR) is 106 cm³/mol. The molecule has 0 aliphatic heterocycles. The minimum atomic E-state index is -4.41. The van der Waals surface area contributed by atoms with Gasteiger partial charge in [-0.1, -0.05) is 36.4 Å². The molecule has 0 bridgehead atoms. The van der Waals surface area contributed by atoms with E-state index in [9.17, 15) is 22.8 Å². The molecule has 30 heavy (non-hydrogen) atoms. The summed E-state index contributed by atoms with van der Waals surface area (Å²) in [4.78, 5) is 24.4. The Morgan fingerprint density at radius 2 is 1.83 bits per heavy atom. The summed E-state index contributed by atoms with van der Waals surface area (Å²) in [5.74, 6) is -1.14. The molecule has 0 aromatic heterocycles. The van der Waals surface area contributed by atoms with Crippen molar-refractivity contribution in [2.75, 3.05) is 0 Å². The summed E-state index contributed by atoms with van der Waals surface area (Å²) >= 11 is 0. The molecule has 2 aromatic carbocycles. The smallest absolute Gasteiger partial charge is 0.416 e. The summed E-state index contributed by atoms with van der Waals surface area (Å²) in [6.07, 6.45) is -0.232. The molecule has 0 fully saturated rings. The molecular formula is C23H22F3NO3. The fourth-order valence-electron chi connectivity index (χ4n) is 3.41. The maximum atomic E-state index is 12.6. The monoisotopic (exact) mass is 417 g/mol. The Balaban J connectivity index is 1.54. The summed E-state index contributed by atoms with van der Waals surface area (Å²) in [5.41, 5.74) is 1.93. The standard InChI is InChI=1S/C23H22F3NO3/c1-15(22(29)27-20-8-4-6-17-5-2-3-7-19(17)20)30-21(28)14-11-16-9-12-18(13-10-16)23(24,25)26/h2-3,5,7,9-15,20H,4,6,8H2,1H3,(H,27,29)/b14-11+/t15-,20-/m0/s1. The van der Waals surface area contributed by atoms with Gasteiger partial charge in [0.25, 0.3) is 5.91 Å². The Bertz CT molecular complexity index is 935. The number of benzene rings is 2. The largest absolute Gasteiger partial charge is 0.449 e. The first-order valence-corrected chi connectivity index (χ1v) is 9.68. The van der Waals surface area contributed by atoms with Crippen LogP contribution in [0.2, 0.25) is 0 Å². The Hall–Kier alpha value is -3.09. The molecule has 0 unspecified atom stereocenters. The van der Waals surface area contributed by atoms with Crippen molar-refractivity contribution in [3.05, 3.63) is 76.9 Å². The number of aryl methyl sites for hydroxylation is 1. The van der Waals surface area contributed by atoms with E-state index in [1.807, 2.05) is 24.3 Å². The summed E-state index contributed by atoms with van der Waals surface area (Å²) in [6, 6.07) is 12.2. The molecule has 4 nitrogen and oxygen atoms in total. The van der Waals surface area contributed by atoms with Crippen molar-refractivity contribution >= 4 is 18.0 Å². The van der Waals surface area contributed by atoms with Gasteiger partial charge in [-0.2, -0.15) is 13.2 Å². The molecular weight excluding hydrogens is 395 g/mol. The number of ether oxygens (including phenoxy) is 1. The molecule has 0 saturated heterocycles. The molecule has 0 spiro atoms. The van der Waals surface area contributed by atoms with E-state index in [4.69, 9.17) is 4.74 Å². The van der Waals surface area contributed by atoms with Crippen molar-refractivity contribution in [3.8, 4) is 0 Å². The van der Waals surface area contributed by atoms with E-state index in [-0.39, 0.29) is 6.04 Å². The normalized spacial score (nSPS) is 17.3. The number of carbonyl (C=O) groups excluding carboxylic acids is 2. The van der Waals surface area contributed by atoms with Gasteiger partial charge in [0, 0.05) is 6.08 Å². The fraction of sp³-hybridized carbons (Fsp3) is 0.304. The molecule has 2 aromatic rings. The van der Waals surface area contributed by atoms with Crippen molar-refractivity contribution in [2.45, 2.75) is 44.5 Å². The SMILES string of the molecule is C[C@H](OC(=O)/C=C/c1ccc(C(F)(F)F)cc1)C(=O)N[C@H]1CCCc2ccccc21. The van der Waals surface area contributed by atoms with Crippen molar-refractivity contribution in [2.24, 2.45) is 0 Å². The lowest BCUT2D eigenvalue weighted by Gasteiger charge is -2.27.